The third-order valence-corrected chi connectivity index (χ3v) is 6.17. The van der Waals surface area contributed by atoms with Gasteiger partial charge in [0.2, 0.25) is 11.8 Å². The summed E-state index contributed by atoms with van der Waals surface area (Å²) in [6, 6.07) is 1.90. The van der Waals surface area contributed by atoms with E-state index < -0.39 is 12.1 Å². The van der Waals surface area contributed by atoms with Crippen molar-refractivity contribution in [1.29, 1.82) is 0 Å². The highest BCUT2D eigenvalue weighted by Gasteiger charge is 2.35. The van der Waals surface area contributed by atoms with E-state index in [1.165, 1.54) is 0 Å². The van der Waals surface area contributed by atoms with Crippen molar-refractivity contribution >= 4 is 17.5 Å². The van der Waals surface area contributed by atoms with E-state index in [1.54, 1.807) is 6.20 Å². The fraction of sp³-hybridized carbons (Fsp3) is 0.650. The molecule has 3 aliphatic heterocycles. The number of rotatable bonds is 3. The molecule has 0 radical (unpaired) electrons. The van der Waals surface area contributed by atoms with Gasteiger partial charge in [-0.3, -0.25) is 24.8 Å². The SMILES string of the molecule is Cc1cc(C2CCC(=O)NC2=O)ncc1N1CC[C@@H](N2CCNCC2)[C@H](F)C1. The number of pyridine rings is 1. The number of nitrogens with zero attached hydrogens (tertiary/aromatic N) is 3. The molecule has 0 aliphatic carbocycles. The summed E-state index contributed by atoms with van der Waals surface area (Å²) in [6.07, 6.45) is 2.49. The van der Waals surface area contributed by atoms with Crippen LogP contribution >= 0.6 is 0 Å². The highest BCUT2D eigenvalue weighted by Crippen LogP contribution is 2.30. The standard InChI is InChI=1S/C20H28FN5O2/c1-13-10-16(14-2-3-19(27)24-20(14)28)23-11-18(13)26-7-4-17(15(21)12-26)25-8-5-22-6-9-25/h10-11,14-15,17,22H,2-9,12H2,1H3,(H,24,27,28)/t14?,15-,17-/m1/s1. The number of nitrogens with one attached hydrogen (secondary N) is 2. The first-order valence-corrected chi connectivity index (χ1v) is 10.2. The van der Waals surface area contributed by atoms with Crippen LogP contribution in [0.1, 0.15) is 36.4 Å². The van der Waals surface area contributed by atoms with Gasteiger partial charge in [-0.15, -0.1) is 0 Å². The van der Waals surface area contributed by atoms with Gasteiger partial charge in [0.05, 0.1) is 30.0 Å². The molecular formula is C20H28FN5O2. The van der Waals surface area contributed by atoms with Gasteiger partial charge < -0.3 is 10.2 Å². The van der Waals surface area contributed by atoms with Crippen molar-refractivity contribution < 1.29 is 14.0 Å². The Labute approximate surface area is 164 Å². The number of imide groups is 1. The summed E-state index contributed by atoms with van der Waals surface area (Å²) in [4.78, 5) is 32.3. The van der Waals surface area contributed by atoms with Crippen LogP contribution in [0.2, 0.25) is 0 Å². The molecule has 2 amide bonds. The van der Waals surface area contributed by atoms with Gasteiger partial charge >= 0.3 is 0 Å². The number of piperidine rings is 2. The normalized spacial score (nSPS) is 29.6. The second-order valence-corrected chi connectivity index (χ2v) is 8.00. The zero-order valence-corrected chi connectivity index (χ0v) is 16.3. The van der Waals surface area contributed by atoms with E-state index in [-0.39, 0.29) is 17.9 Å². The first-order valence-electron chi connectivity index (χ1n) is 10.2. The molecule has 8 heteroatoms. The number of aromatic nitrogens is 1. The van der Waals surface area contributed by atoms with Gasteiger partial charge in [-0.1, -0.05) is 0 Å². The highest BCUT2D eigenvalue weighted by molar-refractivity contribution is 6.00. The minimum absolute atomic E-state index is 0.00522. The molecular weight excluding hydrogens is 361 g/mol. The summed E-state index contributed by atoms with van der Waals surface area (Å²) in [5.41, 5.74) is 2.60. The third-order valence-electron chi connectivity index (χ3n) is 6.17. The van der Waals surface area contributed by atoms with Gasteiger partial charge in [0.25, 0.3) is 0 Å². The molecule has 7 nitrogen and oxygen atoms in total. The number of halogens is 1. The van der Waals surface area contributed by atoms with Crippen molar-refractivity contribution in [3.63, 3.8) is 0 Å². The Kier molecular flexibility index (Phi) is 5.59. The Balaban J connectivity index is 1.43. The van der Waals surface area contributed by atoms with E-state index in [9.17, 15) is 14.0 Å². The maximum absolute atomic E-state index is 14.9. The first kappa shape index (κ1) is 19.3. The quantitative estimate of drug-likeness (QED) is 0.743. The molecule has 1 aromatic rings. The lowest BCUT2D eigenvalue weighted by Crippen LogP contribution is -2.57. The lowest BCUT2D eigenvalue weighted by molar-refractivity contribution is -0.134. The number of hydrogen-bond acceptors (Lipinski definition) is 6. The van der Waals surface area contributed by atoms with Crippen LogP contribution in [0.5, 0.6) is 0 Å². The predicted octanol–water partition coefficient (Wildman–Crippen LogP) is 0.732. The van der Waals surface area contributed by atoms with Crippen molar-refractivity contribution in [2.45, 2.75) is 44.3 Å². The van der Waals surface area contributed by atoms with E-state index >= 15 is 0 Å². The fourth-order valence-electron chi connectivity index (χ4n) is 4.60. The molecule has 152 valence electrons. The van der Waals surface area contributed by atoms with Crippen LogP contribution in [0.4, 0.5) is 10.1 Å². The molecule has 3 fully saturated rings. The number of amides is 2. The van der Waals surface area contributed by atoms with Crippen molar-refractivity contribution in [2.75, 3.05) is 44.2 Å². The topological polar surface area (TPSA) is 77.6 Å². The molecule has 4 heterocycles. The lowest BCUT2D eigenvalue weighted by atomic mass is 9.93. The number of hydrogen-bond donors (Lipinski definition) is 2. The number of anilines is 1. The monoisotopic (exact) mass is 389 g/mol. The molecule has 0 spiro atoms. The van der Waals surface area contributed by atoms with Crippen LogP contribution in [0.15, 0.2) is 12.3 Å². The average Bonchev–Trinajstić information content (AvgIpc) is 2.68. The number of aryl methyl sites for hydroxylation is 1. The Morgan fingerprint density at radius 3 is 2.64 bits per heavy atom. The minimum Gasteiger partial charge on any atom is -0.367 e. The van der Waals surface area contributed by atoms with E-state index in [0.717, 1.165) is 50.4 Å². The Hall–Kier alpha value is -2.06. The predicted molar refractivity (Wildman–Crippen MR) is 104 cm³/mol. The number of alkyl halides is 1. The smallest absolute Gasteiger partial charge is 0.235 e. The summed E-state index contributed by atoms with van der Waals surface area (Å²) in [5, 5.41) is 5.70. The summed E-state index contributed by atoms with van der Waals surface area (Å²) in [5.74, 6) is -0.898. The molecule has 3 aliphatic rings. The van der Waals surface area contributed by atoms with Crippen LogP contribution in [0.3, 0.4) is 0 Å². The number of carbonyl (C=O) groups is 2. The van der Waals surface area contributed by atoms with Gasteiger partial charge in [0.15, 0.2) is 0 Å². The van der Waals surface area contributed by atoms with E-state index in [4.69, 9.17) is 0 Å². The second kappa shape index (κ2) is 8.13. The van der Waals surface area contributed by atoms with Crippen molar-refractivity contribution in [2.24, 2.45) is 0 Å². The number of carbonyl (C=O) groups excluding carboxylic acids is 2. The maximum atomic E-state index is 14.9. The molecule has 0 saturated carbocycles. The van der Waals surface area contributed by atoms with Gasteiger partial charge in [-0.05, 0) is 31.4 Å². The van der Waals surface area contributed by atoms with Crippen molar-refractivity contribution in [1.82, 2.24) is 20.5 Å². The minimum atomic E-state index is -0.888. The van der Waals surface area contributed by atoms with Gasteiger partial charge in [0.1, 0.15) is 6.17 Å². The average molecular weight is 389 g/mol. The molecule has 3 atom stereocenters. The summed E-state index contributed by atoms with van der Waals surface area (Å²) in [6.45, 7) is 6.82. The molecule has 1 aromatic heterocycles. The molecule has 3 saturated heterocycles. The Bertz CT molecular complexity index is 752. The molecule has 28 heavy (non-hydrogen) atoms. The molecule has 4 rings (SSSR count). The molecule has 0 aromatic carbocycles. The van der Waals surface area contributed by atoms with Crippen LogP contribution < -0.4 is 15.5 Å². The van der Waals surface area contributed by atoms with Gasteiger partial charge in [0, 0.05) is 45.2 Å². The Morgan fingerprint density at radius 2 is 1.96 bits per heavy atom. The maximum Gasteiger partial charge on any atom is 0.235 e. The zero-order chi connectivity index (χ0) is 19.7. The van der Waals surface area contributed by atoms with Gasteiger partial charge in [-0.2, -0.15) is 0 Å². The van der Waals surface area contributed by atoms with Crippen LogP contribution in [0, 0.1) is 6.92 Å². The summed E-state index contributed by atoms with van der Waals surface area (Å²) >= 11 is 0. The molecule has 2 N–H and O–H groups in total. The van der Waals surface area contributed by atoms with Crippen molar-refractivity contribution in [3.8, 4) is 0 Å². The third kappa shape index (κ3) is 3.89. The summed E-state index contributed by atoms with van der Waals surface area (Å²) in [7, 11) is 0. The number of piperazine rings is 1. The van der Waals surface area contributed by atoms with Gasteiger partial charge in [-0.25, -0.2) is 4.39 Å². The first-order chi connectivity index (χ1) is 13.5. The summed E-state index contributed by atoms with van der Waals surface area (Å²) < 4.78 is 14.9. The second-order valence-electron chi connectivity index (χ2n) is 8.00. The largest absolute Gasteiger partial charge is 0.367 e. The molecule has 1 unspecified atom stereocenters. The van der Waals surface area contributed by atoms with Crippen molar-refractivity contribution in [3.05, 3.63) is 23.5 Å². The molecule has 0 bridgehead atoms. The van der Waals surface area contributed by atoms with E-state index in [0.29, 0.717) is 25.1 Å². The highest BCUT2D eigenvalue weighted by atomic mass is 19.1. The van der Waals surface area contributed by atoms with E-state index in [1.807, 2.05) is 13.0 Å². The fourth-order valence-corrected chi connectivity index (χ4v) is 4.60. The van der Waals surface area contributed by atoms with Crippen LogP contribution in [-0.4, -0.2) is 73.2 Å². The van der Waals surface area contributed by atoms with Crippen LogP contribution in [0.25, 0.3) is 0 Å². The Morgan fingerprint density at radius 1 is 1.18 bits per heavy atom. The van der Waals surface area contributed by atoms with Crippen LogP contribution in [-0.2, 0) is 9.59 Å². The lowest BCUT2D eigenvalue weighted by Gasteiger charge is -2.43. The van der Waals surface area contributed by atoms with E-state index in [2.05, 4.69) is 25.4 Å². The zero-order valence-electron chi connectivity index (χ0n) is 16.3.